The van der Waals surface area contributed by atoms with E-state index >= 15 is 0 Å². The summed E-state index contributed by atoms with van der Waals surface area (Å²) in [6, 6.07) is 0. The van der Waals surface area contributed by atoms with Gasteiger partial charge in [-0.25, -0.2) is 8.42 Å². The van der Waals surface area contributed by atoms with Gasteiger partial charge >= 0.3 is 0 Å². The van der Waals surface area contributed by atoms with E-state index in [2.05, 4.69) is 21.0 Å². The van der Waals surface area contributed by atoms with Gasteiger partial charge in [-0.1, -0.05) is 90.4 Å². The van der Waals surface area contributed by atoms with E-state index in [1.807, 2.05) is 0 Å². The Morgan fingerprint density at radius 3 is 1.30 bits per heavy atom. The van der Waals surface area contributed by atoms with E-state index in [1.165, 1.54) is 96.3 Å². The SMILES string of the molecule is CCCCCCCCCCCCCCCCC[N+](C)(C)CCCS(=O)(=O)[O-]. The van der Waals surface area contributed by atoms with Crippen LogP contribution in [0, 0.1) is 0 Å². The molecular weight excluding hydrogens is 358 g/mol. The summed E-state index contributed by atoms with van der Waals surface area (Å²) >= 11 is 0. The Labute approximate surface area is 170 Å². The Balaban J connectivity index is 3.32. The molecule has 164 valence electrons. The Kier molecular flexibility index (Phi) is 16.7. The summed E-state index contributed by atoms with van der Waals surface area (Å²) in [7, 11) is 0.195. The maximum atomic E-state index is 10.7. The Morgan fingerprint density at radius 1 is 0.593 bits per heavy atom. The van der Waals surface area contributed by atoms with Crippen molar-refractivity contribution >= 4 is 10.1 Å². The average molecular weight is 406 g/mol. The van der Waals surface area contributed by atoms with Crippen molar-refractivity contribution in [2.24, 2.45) is 0 Å². The van der Waals surface area contributed by atoms with Crippen LogP contribution < -0.4 is 0 Å². The fourth-order valence-electron chi connectivity index (χ4n) is 3.69. The van der Waals surface area contributed by atoms with E-state index in [9.17, 15) is 13.0 Å². The van der Waals surface area contributed by atoms with Crippen molar-refractivity contribution in [3.8, 4) is 0 Å². The van der Waals surface area contributed by atoms with Crippen LogP contribution in [0.3, 0.4) is 0 Å². The van der Waals surface area contributed by atoms with Gasteiger partial charge in [0, 0.05) is 12.2 Å². The quantitative estimate of drug-likeness (QED) is 0.145. The summed E-state index contributed by atoms with van der Waals surface area (Å²) in [5, 5.41) is 0. The first-order chi connectivity index (χ1) is 12.8. The molecule has 0 atom stereocenters. The molecule has 0 aliphatic rings. The first-order valence-corrected chi connectivity index (χ1v) is 13.1. The van der Waals surface area contributed by atoms with E-state index in [0.29, 0.717) is 6.42 Å². The zero-order valence-electron chi connectivity index (χ0n) is 18.5. The van der Waals surface area contributed by atoms with Gasteiger partial charge in [-0.05, 0) is 12.8 Å². The third-order valence-electron chi connectivity index (χ3n) is 5.52. The summed E-state index contributed by atoms with van der Waals surface area (Å²) in [5.41, 5.74) is 0. The topological polar surface area (TPSA) is 57.2 Å². The van der Waals surface area contributed by atoms with E-state index < -0.39 is 10.1 Å². The van der Waals surface area contributed by atoms with Crippen molar-refractivity contribution in [1.82, 2.24) is 0 Å². The van der Waals surface area contributed by atoms with Crippen LogP contribution >= 0.6 is 0 Å². The lowest BCUT2D eigenvalue weighted by Gasteiger charge is -2.30. The second-order valence-electron chi connectivity index (χ2n) is 8.95. The van der Waals surface area contributed by atoms with Crippen LogP contribution in [0.1, 0.15) is 110 Å². The van der Waals surface area contributed by atoms with Crippen molar-refractivity contribution in [2.45, 2.75) is 110 Å². The third kappa shape index (κ3) is 22.0. The second-order valence-corrected chi connectivity index (χ2v) is 10.5. The molecular formula is C22H47NO3S. The Morgan fingerprint density at radius 2 is 0.926 bits per heavy atom. The van der Waals surface area contributed by atoms with Crippen LogP contribution in [0.2, 0.25) is 0 Å². The molecule has 0 radical (unpaired) electrons. The third-order valence-corrected chi connectivity index (χ3v) is 6.31. The molecule has 0 spiro atoms. The predicted molar refractivity (Wildman–Crippen MR) is 116 cm³/mol. The van der Waals surface area contributed by atoms with Crippen LogP contribution in [-0.2, 0) is 10.1 Å². The summed E-state index contributed by atoms with van der Waals surface area (Å²) in [4.78, 5) is 0. The van der Waals surface area contributed by atoms with Gasteiger partial charge in [-0.15, -0.1) is 0 Å². The van der Waals surface area contributed by atoms with Gasteiger partial charge in [0.2, 0.25) is 0 Å². The van der Waals surface area contributed by atoms with Crippen LogP contribution in [0.5, 0.6) is 0 Å². The standard InChI is InChI=1S/C22H47NO3S/c1-4-5-6-7-8-9-10-11-12-13-14-15-16-17-18-20-23(2,3)21-19-22-27(24,25)26/h4-22H2,1-3H3. The highest BCUT2D eigenvalue weighted by Gasteiger charge is 2.14. The minimum absolute atomic E-state index is 0.229. The van der Waals surface area contributed by atoms with Crippen molar-refractivity contribution < 1.29 is 17.5 Å². The first kappa shape index (κ1) is 26.9. The van der Waals surface area contributed by atoms with E-state index in [0.717, 1.165) is 17.6 Å². The Hall–Kier alpha value is -0.130. The summed E-state index contributed by atoms with van der Waals surface area (Å²) in [6.07, 6.45) is 21.0. The maximum absolute atomic E-state index is 10.7. The van der Waals surface area contributed by atoms with E-state index in [1.54, 1.807) is 0 Å². The predicted octanol–water partition coefficient (Wildman–Crippen LogP) is 5.87. The normalized spacial score (nSPS) is 12.6. The molecule has 0 rings (SSSR count). The molecule has 0 unspecified atom stereocenters. The number of rotatable bonds is 20. The lowest BCUT2D eigenvalue weighted by atomic mass is 10.0. The zero-order valence-corrected chi connectivity index (χ0v) is 19.3. The number of quaternary nitrogens is 1. The molecule has 0 aromatic rings. The minimum atomic E-state index is -4.06. The lowest BCUT2D eigenvalue weighted by Crippen LogP contribution is -2.41. The van der Waals surface area contributed by atoms with Crippen LogP contribution in [-0.4, -0.2) is 50.4 Å². The molecule has 27 heavy (non-hydrogen) atoms. The number of nitrogens with zero attached hydrogens (tertiary/aromatic N) is 1. The van der Waals surface area contributed by atoms with Gasteiger partial charge in [-0.3, -0.25) is 0 Å². The Bertz CT molecular complexity index is 421. The number of unbranched alkanes of at least 4 members (excludes halogenated alkanes) is 14. The summed E-state index contributed by atoms with van der Waals surface area (Å²) in [6.45, 7) is 4.10. The molecule has 0 aromatic carbocycles. The highest BCUT2D eigenvalue weighted by atomic mass is 32.2. The molecule has 5 heteroatoms. The molecule has 0 bridgehead atoms. The first-order valence-electron chi connectivity index (χ1n) is 11.5. The summed E-state index contributed by atoms with van der Waals surface area (Å²) in [5.74, 6) is -0.229. The molecule has 0 aliphatic heterocycles. The fraction of sp³-hybridized carbons (Fsp3) is 1.00. The van der Waals surface area contributed by atoms with Crippen LogP contribution in [0.15, 0.2) is 0 Å². The molecule has 0 fully saturated rings. The van der Waals surface area contributed by atoms with Gasteiger partial charge < -0.3 is 9.04 Å². The van der Waals surface area contributed by atoms with Gasteiger partial charge in [0.15, 0.2) is 0 Å². The van der Waals surface area contributed by atoms with Crippen molar-refractivity contribution in [3.63, 3.8) is 0 Å². The average Bonchev–Trinajstić information content (AvgIpc) is 2.57. The van der Waals surface area contributed by atoms with E-state index in [4.69, 9.17) is 0 Å². The molecule has 0 aliphatic carbocycles. The highest BCUT2D eigenvalue weighted by molar-refractivity contribution is 7.85. The van der Waals surface area contributed by atoms with Crippen LogP contribution in [0.4, 0.5) is 0 Å². The van der Waals surface area contributed by atoms with Gasteiger partial charge in [0.1, 0.15) is 0 Å². The minimum Gasteiger partial charge on any atom is -0.748 e. The maximum Gasteiger partial charge on any atom is 0.0948 e. The van der Waals surface area contributed by atoms with Crippen molar-refractivity contribution in [2.75, 3.05) is 32.9 Å². The highest BCUT2D eigenvalue weighted by Crippen LogP contribution is 2.14. The van der Waals surface area contributed by atoms with E-state index in [-0.39, 0.29) is 5.75 Å². The molecule has 0 N–H and O–H groups in total. The summed E-state index contributed by atoms with van der Waals surface area (Å²) < 4.78 is 32.8. The van der Waals surface area contributed by atoms with Crippen molar-refractivity contribution in [3.05, 3.63) is 0 Å². The van der Waals surface area contributed by atoms with Gasteiger partial charge in [0.05, 0.1) is 37.3 Å². The monoisotopic (exact) mass is 405 g/mol. The zero-order chi connectivity index (χ0) is 20.4. The fourth-order valence-corrected chi connectivity index (χ4v) is 4.17. The number of hydrogen-bond donors (Lipinski definition) is 0. The molecule has 4 nitrogen and oxygen atoms in total. The second kappa shape index (κ2) is 16.8. The smallest absolute Gasteiger partial charge is 0.0948 e. The van der Waals surface area contributed by atoms with Gasteiger partial charge in [0.25, 0.3) is 0 Å². The number of hydrogen-bond acceptors (Lipinski definition) is 3. The molecule has 0 amide bonds. The molecule has 0 saturated carbocycles. The lowest BCUT2D eigenvalue weighted by molar-refractivity contribution is -0.890. The van der Waals surface area contributed by atoms with Crippen LogP contribution in [0.25, 0.3) is 0 Å². The molecule has 0 heterocycles. The van der Waals surface area contributed by atoms with Crippen molar-refractivity contribution in [1.29, 1.82) is 0 Å². The van der Waals surface area contributed by atoms with Gasteiger partial charge in [-0.2, -0.15) is 0 Å². The molecule has 0 aromatic heterocycles. The molecule has 0 saturated heterocycles. The largest absolute Gasteiger partial charge is 0.748 e.